The molecule has 7 nitrogen and oxygen atoms in total. The minimum absolute atomic E-state index is 0.200. The topological polar surface area (TPSA) is 84.9 Å². The van der Waals surface area contributed by atoms with Crippen LogP contribution in [0.3, 0.4) is 0 Å². The largest absolute Gasteiger partial charge is 0.497 e. The maximum Gasteiger partial charge on any atom is 0.240 e. The summed E-state index contributed by atoms with van der Waals surface area (Å²) in [5.74, 6) is 0.335. The molecule has 0 aliphatic heterocycles. The van der Waals surface area contributed by atoms with Crippen LogP contribution in [-0.4, -0.2) is 47.4 Å². The zero-order valence-electron chi connectivity index (χ0n) is 15.0. The second-order valence-electron chi connectivity index (χ2n) is 5.62. The number of hydrogen-bond donors (Lipinski definition) is 1. The fraction of sp³-hybridized carbons (Fsp3) is 0.278. The number of sulfonamides is 1. The third-order valence-corrected chi connectivity index (χ3v) is 4.70. The lowest BCUT2D eigenvalue weighted by molar-refractivity contribution is -0.119. The van der Waals surface area contributed by atoms with Gasteiger partial charge in [-0.05, 0) is 48.5 Å². The normalized spacial score (nSPS) is 10.9. The number of ether oxygens (including phenoxy) is 2. The molecule has 0 bridgehead atoms. The van der Waals surface area contributed by atoms with E-state index in [-0.39, 0.29) is 18.8 Å². The first-order valence-corrected chi connectivity index (χ1v) is 9.91. The fourth-order valence-electron chi connectivity index (χ4n) is 2.22. The number of anilines is 1. The van der Waals surface area contributed by atoms with E-state index in [4.69, 9.17) is 9.47 Å². The number of methoxy groups -OCH3 is 1. The summed E-state index contributed by atoms with van der Waals surface area (Å²) in [6.45, 7) is 0.00633. The Morgan fingerprint density at radius 3 is 2.22 bits per heavy atom. The van der Waals surface area contributed by atoms with E-state index in [1.807, 2.05) is 0 Å². The highest BCUT2D eigenvalue weighted by Crippen LogP contribution is 2.18. The van der Waals surface area contributed by atoms with Crippen molar-refractivity contribution in [2.24, 2.45) is 0 Å². The van der Waals surface area contributed by atoms with Crippen LogP contribution in [0.1, 0.15) is 0 Å². The minimum atomic E-state index is -3.70. The number of halogens is 1. The average molecular weight is 396 g/mol. The van der Waals surface area contributed by atoms with E-state index in [0.717, 1.165) is 22.7 Å². The van der Waals surface area contributed by atoms with E-state index in [0.29, 0.717) is 11.5 Å². The molecule has 0 fully saturated rings. The van der Waals surface area contributed by atoms with Crippen molar-refractivity contribution in [1.29, 1.82) is 0 Å². The Labute approximate surface area is 157 Å². The first-order valence-electron chi connectivity index (χ1n) is 8.06. The Bertz CT molecular complexity index is 854. The molecule has 0 unspecified atom stereocenters. The quantitative estimate of drug-likeness (QED) is 0.654. The number of nitrogens with zero attached hydrogens (tertiary/aromatic N) is 1. The number of carbonyl (C=O) groups is 1. The SMILES string of the molecule is COc1ccc(OCCNC(=O)CN(c2ccc(F)cc2)S(C)(=O)=O)cc1. The van der Waals surface area contributed by atoms with Gasteiger partial charge in [-0.2, -0.15) is 0 Å². The fourth-order valence-corrected chi connectivity index (χ4v) is 3.08. The van der Waals surface area contributed by atoms with Crippen molar-refractivity contribution < 1.29 is 27.1 Å². The Morgan fingerprint density at radius 1 is 1.07 bits per heavy atom. The minimum Gasteiger partial charge on any atom is -0.497 e. The number of benzene rings is 2. The molecule has 0 aliphatic carbocycles. The smallest absolute Gasteiger partial charge is 0.240 e. The van der Waals surface area contributed by atoms with Crippen molar-refractivity contribution in [3.05, 3.63) is 54.3 Å². The van der Waals surface area contributed by atoms with E-state index in [9.17, 15) is 17.6 Å². The Kier molecular flexibility index (Phi) is 7.00. The molecule has 9 heteroatoms. The van der Waals surface area contributed by atoms with Gasteiger partial charge >= 0.3 is 0 Å². The average Bonchev–Trinajstić information content (AvgIpc) is 2.64. The van der Waals surface area contributed by atoms with Gasteiger partial charge in [-0.1, -0.05) is 0 Å². The summed E-state index contributed by atoms with van der Waals surface area (Å²) in [4.78, 5) is 12.1. The van der Waals surface area contributed by atoms with Crippen LogP contribution in [0.4, 0.5) is 10.1 Å². The van der Waals surface area contributed by atoms with Crippen molar-refractivity contribution in [3.8, 4) is 11.5 Å². The van der Waals surface area contributed by atoms with Gasteiger partial charge in [-0.15, -0.1) is 0 Å². The van der Waals surface area contributed by atoms with E-state index in [2.05, 4.69) is 5.32 Å². The lowest BCUT2D eigenvalue weighted by Crippen LogP contribution is -2.41. The molecule has 0 aromatic heterocycles. The summed E-state index contributed by atoms with van der Waals surface area (Å²) in [6.07, 6.45) is 0.983. The Hall–Kier alpha value is -2.81. The highest BCUT2D eigenvalue weighted by Gasteiger charge is 2.20. The zero-order valence-corrected chi connectivity index (χ0v) is 15.8. The zero-order chi connectivity index (χ0) is 19.9. The van der Waals surface area contributed by atoms with Crippen LogP contribution in [0.5, 0.6) is 11.5 Å². The van der Waals surface area contributed by atoms with E-state index in [1.54, 1.807) is 31.4 Å². The molecule has 1 N–H and O–H groups in total. The molecule has 0 atom stereocenters. The number of carbonyl (C=O) groups excluding carboxylic acids is 1. The second-order valence-corrected chi connectivity index (χ2v) is 7.53. The molecule has 0 spiro atoms. The van der Waals surface area contributed by atoms with Crippen LogP contribution in [0.15, 0.2) is 48.5 Å². The van der Waals surface area contributed by atoms with Crippen LogP contribution in [0, 0.1) is 5.82 Å². The third kappa shape index (κ3) is 6.45. The highest BCUT2D eigenvalue weighted by molar-refractivity contribution is 7.92. The van der Waals surface area contributed by atoms with E-state index < -0.39 is 28.3 Å². The summed E-state index contributed by atoms with van der Waals surface area (Å²) in [5.41, 5.74) is 0.212. The van der Waals surface area contributed by atoms with Gasteiger partial charge in [0.05, 0.1) is 25.6 Å². The highest BCUT2D eigenvalue weighted by atomic mass is 32.2. The van der Waals surface area contributed by atoms with Crippen LogP contribution >= 0.6 is 0 Å². The molecule has 0 radical (unpaired) electrons. The molecule has 1 amide bonds. The van der Waals surface area contributed by atoms with Crippen LogP contribution < -0.4 is 19.1 Å². The van der Waals surface area contributed by atoms with E-state index in [1.165, 1.54) is 12.1 Å². The molecular formula is C18H21FN2O5S. The number of nitrogens with one attached hydrogen (secondary N) is 1. The maximum atomic E-state index is 13.0. The number of amides is 1. The molecule has 0 saturated heterocycles. The maximum absolute atomic E-state index is 13.0. The molecule has 2 rings (SSSR count). The molecule has 0 aliphatic rings. The number of hydrogen-bond acceptors (Lipinski definition) is 5. The number of rotatable bonds is 9. The van der Waals surface area contributed by atoms with Crippen LogP contribution in [-0.2, 0) is 14.8 Å². The third-order valence-electron chi connectivity index (χ3n) is 3.55. The van der Waals surface area contributed by atoms with Gasteiger partial charge in [-0.3, -0.25) is 9.10 Å². The first-order chi connectivity index (χ1) is 12.8. The molecule has 146 valence electrons. The van der Waals surface area contributed by atoms with Gasteiger partial charge < -0.3 is 14.8 Å². The van der Waals surface area contributed by atoms with Crippen molar-refractivity contribution >= 4 is 21.6 Å². The van der Waals surface area contributed by atoms with Gasteiger partial charge in [0.25, 0.3) is 0 Å². The van der Waals surface area contributed by atoms with Gasteiger partial charge in [0.2, 0.25) is 15.9 Å². The summed E-state index contributed by atoms with van der Waals surface area (Å²) < 4.78 is 48.3. The molecular weight excluding hydrogens is 375 g/mol. The van der Waals surface area contributed by atoms with Crippen molar-refractivity contribution in [1.82, 2.24) is 5.32 Å². The van der Waals surface area contributed by atoms with Crippen molar-refractivity contribution in [2.75, 3.05) is 37.4 Å². The molecule has 2 aromatic rings. The van der Waals surface area contributed by atoms with Crippen molar-refractivity contribution in [3.63, 3.8) is 0 Å². The monoisotopic (exact) mass is 396 g/mol. The van der Waals surface area contributed by atoms with Gasteiger partial charge in [0.1, 0.15) is 30.5 Å². The summed E-state index contributed by atoms with van der Waals surface area (Å²) in [6, 6.07) is 11.8. The lowest BCUT2D eigenvalue weighted by Gasteiger charge is -2.21. The molecule has 0 saturated carbocycles. The van der Waals surface area contributed by atoms with Gasteiger partial charge in [-0.25, -0.2) is 12.8 Å². The predicted octanol–water partition coefficient (Wildman–Crippen LogP) is 1.80. The first kappa shape index (κ1) is 20.5. The Morgan fingerprint density at radius 2 is 1.67 bits per heavy atom. The second kappa shape index (κ2) is 9.22. The molecule has 27 heavy (non-hydrogen) atoms. The van der Waals surface area contributed by atoms with Crippen LogP contribution in [0.25, 0.3) is 0 Å². The standard InChI is InChI=1S/C18H21FN2O5S/c1-25-16-7-9-17(10-8-16)26-12-11-20-18(22)13-21(27(2,23)24)15-5-3-14(19)4-6-15/h3-10H,11-13H2,1-2H3,(H,20,22). The lowest BCUT2D eigenvalue weighted by atomic mass is 10.3. The molecule has 0 heterocycles. The van der Waals surface area contributed by atoms with Crippen LogP contribution in [0.2, 0.25) is 0 Å². The van der Waals surface area contributed by atoms with Gasteiger partial charge in [0.15, 0.2) is 0 Å². The Balaban J connectivity index is 1.85. The predicted molar refractivity (Wildman–Crippen MR) is 100 cm³/mol. The summed E-state index contributed by atoms with van der Waals surface area (Å²) in [7, 11) is -2.13. The summed E-state index contributed by atoms with van der Waals surface area (Å²) in [5, 5.41) is 2.59. The van der Waals surface area contributed by atoms with Crippen molar-refractivity contribution in [2.45, 2.75) is 0 Å². The van der Waals surface area contributed by atoms with E-state index >= 15 is 0 Å². The van der Waals surface area contributed by atoms with Gasteiger partial charge in [0, 0.05) is 0 Å². The molecule has 2 aromatic carbocycles. The summed E-state index contributed by atoms with van der Waals surface area (Å²) >= 11 is 0.